The van der Waals surface area contributed by atoms with Crippen molar-refractivity contribution in [3.8, 4) is 0 Å². The van der Waals surface area contributed by atoms with E-state index in [1.807, 2.05) is 79.0 Å². The van der Waals surface area contributed by atoms with Crippen molar-refractivity contribution in [2.75, 3.05) is 7.11 Å². The van der Waals surface area contributed by atoms with Gasteiger partial charge in [-0.3, -0.25) is 0 Å². The number of imidazole rings is 1. The monoisotopic (exact) mass is 355 g/mol. The molecule has 0 aliphatic rings. The fourth-order valence-electron chi connectivity index (χ4n) is 2.93. The lowest BCUT2D eigenvalue weighted by atomic mass is 10.0. The van der Waals surface area contributed by atoms with E-state index in [2.05, 4.69) is 4.98 Å². The molecular formula is C22H17N3O2. The highest BCUT2D eigenvalue weighted by Crippen LogP contribution is 2.21. The number of rotatable bonds is 4. The molecule has 4 aromatic rings. The van der Waals surface area contributed by atoms with Gasteiger partial charge in [0.25, 0.3) is 0 Å². The minimum Gasteiger partial charge on any atom is -0.464 e. The summed E-state index contributed by atoms with van der Waals surface area (Å²) in [6.45, 7) is 0. The molecule has 0 spiro atoms. The molecule has 0 aliphatic carbocycles. The van der Waals surface area contributed by atoms with Crippen LogP contribution in [-0.2, 0) is 4.74 Å². The van der Waals surface area contributed by atoms with Gasteiger partial charge >= 0.3 is 5.97 Å². The van der Waals surface area contributed by atoms with Gasteiger partial charge in [0.1, 0.15) is 6.33 Å². The van der Waals surface area contributed by atoms with E-state index in [-0.39, 0.29) is 0 Å². The highest BCUT2D eigenvalue weighted by atomic mass is 16.5. The summed E-state index contributed by atoms with van der Waals surface area (Å²) in [6, 6.07) is 23.8. The third kappa shape index (κ3) is 3.35. The molecule has 0 bridgehead atoms. The summed E-state index contributed by atoms with van der Waals surface area (Å²) in [5.41, 5.74) is 4.68. The number of nitrogens with zero attached hydrogens (tertiary/aromatic N) is 3. The quantitative estimate of drug-likeness (QED) is 0.405. The molecule has 2 aromatic heterocycles. The normalized spacial score (nSPS) is 10.6. The first kappa shape index (κ1) is 16.7. The summed E-state index contributed by atoms with van der Waals surface area (Å²) in [7, 11) is 1.35. The molecule has 4 rings (SSSR count). The van der Waals surface area contributed by atoms with Crippen molar-refractivity contribution in [2.45, 2.75) is 0 Å². The molecule has 132 valence electrons. The zero-order valence-electron chi connectivity index (χ0n) is 14.7. The third-order valence-electron chi connectivity index (χ3n) is 4.23. The largest absolute Gasteiger partial charge is 0.464 e. The number of benzene rings is 2. The van der Waals surface area contributed by atoms with Crippen molar-refractivity contribution in [3.63, 3.8) is 0 Å². The molecule has 0 N–H and O–H groups in total. The molecular weight excluding hydrogens is 338 g/mol. The predicted octanol–water partition coefficient (Wildman–Crippen LogP) is 4.29. The Morgan fingerprint density at radius 1 is 0.926 bits per heavy atom. The summed E-state index contributed by atoms with van der Waals surface area (Å²) < 4.78 is 6.55. The van der Waals surface area contributed by atoms with Crippen LogP contribution >= 0.6 is 0 Å². The van der Waals surface area contributed by atoms with Crippen molar-refractivity contribution < 1.29 is 9.53 Å². The van der Waals surface area contributed by atoms with Crippen molar-refractivity contribution in [1.29, 1.82) is 0 Å². The molecule has 2 heterocycles. The van der Waals surface area contributed by atoms with Crippen LogP contribution in [0.25, 0.3) is 5.52 Å². The Balaban J connectivity index is 1.82. The fourth-order valence-corrected chi connectivity index (χ4v) is 2.93. The van der Waals surface area contributed by atoms with E-state index >= 15 is 0 Å². The molecule has 0 saturated carbocycles. The van der Waals surface area contributed by atoms with E-state index < -0.39 is 5.97 Å². The first-order chi connectivity index (χ1) is 13.3. The molecule has 0 saturated heterocycles. The molecule has 0 fully saturated rings. The smallest absolute Gasteiger partial charge is 0.358 e. The molecule has 0 atom stereocenters. The van der Waals surface area contributed by atoms with Gasteiger partial charge in [0.05, 0.1) is 24.0 Å². The van der Waals surface area contributed by atoms with Crippen LogP contribution < -0.4 is 0 Å². The SMILES string of the molecule is COC(=O)c1ncn2cc(N=C(c3ccccc3)c3ccccc3)ccc12. The van der Waals surface area contributed by atoms with Gasteiger partial charge < -0.3 is 9.14 Å². The molecule has 0 radical (unpaired) electrons. The number of pyridine rings is 1. The van der Waals surface area contributed by atoms with Crippen LogP contribution in [0, 0.1) is 0 Å². The Morgan fingerprint density at radius 3 is 2.15 bits per heavy atom. The van der Waals surface area contributed by atoms with E-state index in [0.29, 0.717) is 11.2 Å². The molecule has 27 heavy (non-hydrogen) atoms. The summed E-state index contributed by atoms with van der Waals surface area (Å²) in [5.74, 6) is -0.456. The summed E-state index contributed by atoms with van der Waals surface area (Å²) in [6.07, 6.45) is 3.44. The van der Waals surface area contributed by atoms with Crippen LogP contribution in [0.5, 0.6) is 0 Å². The maximum Gasteiger partial charge on any atom is 0.358 e. The van der Waals surface area contributed by atoms with Gasteiger partial charge in [0, 0.05) is 17.3 Å². The van der Waals surface area contributed by atoms with Crippen LogP contribution in [0.2, 0.25) is 0 Å². The number of esters is 1. The zero-order valence-corrected chi connectivity index (χ0v) is 14.7. The van der Waals surface area contributed by atoms with E-state index in [9.17, 15) is 4.79 Å². The predicted molar refractivity (Wildman–Crippen MR) is 105 cm³/mol. The Hall–Kier alpha value is -3.73. The maximum atomic E-state index is 11.8. The van der Waals surface area contributed by atoms with Gasteiger partial charge in [-0.05, 0) is 12.1 Å². The second-order valence-corrected chi connectivity index (χ2v) is 5.96. The molecule has 0 unspecified atom stereocenters. The first-order valence-corrected chi connectivity index (χ1v) is 8.51. The summed E-state index contributed by atoms with van der Waals surface area (Å²) in [5, 5.41) is 0. The number of aliphatic imine (C=N–C) groups is 1. The standard InChI is InChI=1S/C22H17N3O2/c1-27-22(26)21-19-13-12-18(14-25(19)15-23-21)24-20(16-8-4-2-5-9-16)17-10-6-3-7-11-17/h2-15H,1H3. The van der Waals surface area contributed by atoms with E-state index in [0.717, 1.165) is 22.5 Å². The molecule has 5 heteroatoms. The van der Waals surface area contributed by atoms with Crippen molar-refractivity contribution in [3.05, 3.63) is 102 Å². The second-order valence-electron chi connectivity index (χ2n) is 5.96. The van der Waals surface area contributed by atoms with Crippen molar-refractivity contribution >= 4 is 22.9 Å². The van der Waals surface area contributed by atoms with E-state index in [4.69, 9.17) is 9.73 Å². The van der Waals surface area contributed by atoms with Crippen LogP contribution in [-0.4, -0.2) is 28.2 Å². The number of hydrogen-bond donors (Lipinski definition) is 0. The molecule has 2 aromatic carbocycles. The Kier molecular flexibility index (Phi) is 4.49. The third-order valence-corrected chi connectivity index (χ3v) is 4.23. The van der Waals surface area contributed by atoms with Gasteiger partial charge in [-0.1, -0.05) is 60.7 Å². The highest BCUT2D eigenvalue weighted by Gasteiger charge is 2.14. The van der Waals surface area contributed by atoms with Crippen LogP contribution in [0.3, 0.4) is 0 Å². The number of aromatic nitrogens is 2. The molecule has 0 aliphatic heterocycles. The fraction of sp³-hybridized carbons (Fsp3) is 0.0455. The second kappa shape index (κ2) is 7.25. The van der Waals surface area contributed by atoms with Gasteiger partial charge in [0.15, 0.2) is 5.69 Å². The topological polar surface area (TPSA) is 56.0 Å². The number of carbonyl (C=O) groups is 1. The zero-order chi connectivity index (χ0) is 18.6. The van der Waals surface area contributed by atoms with Crippen LogP contribution in [0.15, 0.2) is 90.3 Å². The summed E-state index contributed by atoms with van der Waals surface area (Å²) in [4.78, 5) is 20.8. The van der Waals surface area contributed by atoms with Gasteiger partial charge in [-0.15, -0.1) is 0 Å². The average Bonchev–Trinajstić information content (AvgIpc) is 3.16. The van der Waals surface area contributed by atoms with Crippen molar-refractivity contribution in [2.24, 2.45) is 4.99 Å². The molecule has 5 nitrogen and oxygen atoms in total. The lowest BCUT2D eigenvalue weighted by molar-refractivity contribution is 0.0597. The average molecular weight is 355 g/mol. The van der Waals surface area contributed by atoms with Gasteiger partial charge in [0.2, 0.25) is 0 Å². The van der Waals surface area contributed by atoms with Gasteiger partial charge in [-0.25, -0.2) is 14.8 Å². The van der Waals surface area contributed by atoms with E-state index in [1.54, 1.807) is 10.7 Å². The number of methoxy groups -OCH3 is 1. The minimum absolute atomic E-state index is 0.291. The highest BCUT2D eigenvalue weighted by molar-refractivity contribution is 6.13. The number of fused-ring (bicyclic) bond motifs is 1. The van der Waals surface area contributed by atoms with Crippen LogP contribution in [0.1, 0.15) is 21.6 Å². The molecule has 0 amide bonds. The number of hydrogen-bond acceptors (Lipinski definition) is 4. The van der Waals surface area contributed by atoms with Crippen molar-refractivity contribution in [1.82, 2.24) is 9.38 Å². The van der Waals surface area contributed by atoms with E-state index in [1.165, 1.54) is 7.11 Å². The lowest BCUT2D eigenvalue weighted by Crippen LogP contribution is -2.03. The number of ether oxygens (including phenoxy) is 1. The minimum atomic E-state index is -0.456. The lowest BCUT2D eigenvalue weighted by Gasteiger charge is -2.08. The Labute approximate surface area is 156 Å². The first-order valence-electron chi connectivity index (χ1n) is 8.51. The van der Waals surface area contributed by atoms with Crippen LogP contribution in [0.4, 0.5) is 5.69 Å². The summed E-state index contributed by atoms with van der Waals surface area (Å²) >= 11 is 0. The maximum absolute atomic E-state index is 11.8. The number of carbonyl (C=O) groups excluding carboxylic acids is 1. The Morgan fingerprint density at radius 2 is 1.56 bits per heavy atom. The Bertz CT molecular complexity index is 1070. The van der Waals surface area contributed by atoms with Gasteiger partial charge in [-0.2, -0.15) is 0 Å².